The maximum absolute atomic E-state index is 12.9. The first-order valence-corrected chi connectivity index (χ1v) is 8.04. The number of pyridine rings is 1. The lowest BCUT2D eigenvalue weighted by molar-refractivity contribution is 0.0723. The van der Waals surface area contributed by atoms with Crippen molar-refractivity contribution in [2.24, 2.45) is 5.92 Å². The Kier molecular flexibility index (Phi) is 5.21. The SMILES string of the molecule is CCCNc1cc(C)ncc1C(=O)N(CC(C)C)C1CC1. The van der Waals surface area contributed by atoms with E-state index in [-0.39, 0.29) is 5.91 Å². The quantitative estimate of drug-likeness (QED) is 0.836. The zero-order valence-electron chi connectivity index (χ0n) is 13.6. The van der Waals surface area contributed by atoms with E-state index in [1.54, 1.807) is 6.20 Å². The Hall–Kier alpha value is -1.58. The van der Waals surface area contributed by atoms with Gasteiger partial charge in [-0.25, -0.2) is 0 Å². The summed E-state index contributed by atoms with van der Waals surface area (Å²) in [5, 5.41) is 3.36. The largest absolute Gasteiger partial charge is 0.384 e. The molecule has 0 aromatic carbocycles. The number of amides is 1. The van der Waals surface area contributed by atoms with Gasteiger partial charge in [-0.3, -0.25) is 9.78 Å². The Balaban J connectivity index is 2.23. The van der Waals surface area contributed by atoms with Gasteiger partial charge in [0.1, 0.15) is 0 Å². The van der Waals surface area contributed by atoms with Gasteiger partial charge in [-0.05, 0) is 38.2 Å². The summed E-state index contributed by atoms with van der Waals surface area (Å²) in [6, 6.07) is 2.41. The van der Waals surface area contributed by atoms with Crippen molar-refractivity contribution in [3.05, 3.63) is 23.5 Å². The van der Waals surface area contributed by atoms with Gasteiger partial charge in [0.05, 0.1) is 11.3 Å². The smallest absolute Gasteiger partial charge is 0.257 e. The van der Waals surface area contributed by atoms with Crippen molar-refractivity contribution in [2.45, 2.75) is 53.0 Å². The number of aryl methyl sites for hydroxylation is 1. The molecule has 1 saturated carbocycles. The minimum absolute atomic E-state index is 0.123. The van der Waals surface area contributed by atoms with Crippen molar-refractivity contribution in [2.75, 3.05) is 18.4 Å². The maximum Gasteiger partial charge on any atom is 0.257 e. The molecule has 0 saturated heterocycles. The molecule has 0 unspecified atom stereocenters. The molecule has 1 heterocycles. The molecule has 1 fully saturated rings. The first-order chi connectivity index (χ1) is 10.0. The number of hydrogen-bond donors (Lipinski definition) is 1. The number of aromatic nitrogens is 1. The fourth-order valence-corrected chi connectivity index (χ4v) is 2.47. The summed E-state index contributed by atoms with van der Waals surface area (Å²) in [6.45, 7) is 10.1. The monoisotopic (exact) mass is 289 g/mol. The van der Waals surface area contributed by atoms with Crippen molar-refractivity contribution in [1.29, 1.82) is 0 Å². The van der Waals surface area contributed by atoms with E-state index < -0.39 is 0 Å². The molecule has 1 aromatic rings. The summed E-state index contributed by atoms with van der Waals surface area (Å²) in [5.41, 5.74) is 2.57. The number of carbonyl (C=O) groups is 1. The van der Waals surface area contributed by atoms with Gasteiger partial charge < -0.3 is 10.2 Å². The molecule has 21 heavy (non-hydrogen) atoms. The average Bonchev–Trinajstić information content (AvgIpc) is 3.26. The summed E-state index contributed by atoms with van der Waals surface area (Å²) in [4.78, 5) is 19.3. The minimum atomic E-state index is 0.123. The van der Waals surface area contributed by atoms with E-state index in [9.17, 15) is 4.79 Å². The molecule has 0 bridgehead atoms. The Bertz CT molecular complexity index is 495. The molecular formula is C17H27N3O. The predicted octanol–water partition coefficient (Wildman–Crippen LogP) is 3.47. The molecule has 0 aliphatic heterocycles. The van der Waals surface area contributed by atoms with Crippen LogP contribution in [0.1, 0.15) is 56.1 Å². The summed E-state index contributed by atoms with van der Waals surface area (Å²) in [7, 11) is 0. The van der Waals surface area contributed by atoms with E-state index in [4.69, 9.17) is 0 Å². The van der Waals surface area contributed by atoms with Crippen LogP contribution in [0.3, 0.4) is 0 Å². The van der Waals surface area contributed by atoms with Gasteiger partial charge in [-0.2, -0.15) is 0 Å². The molecule has 1 N–H and O–H groups in total. The van der Waals surface area contributed by atoms with Gasteiger partial charge in [-0.15, -0.1) is 0 Å². The molecule has 116 valence electrons. The molecule has 0 atom stereocenters. The van der Waals surface area contributed by atoms with Gasteiger partial charge in [-0.1, -0.05) is 20.8 Å². The van der Waals surface area contributed by atoms with Crippen molar-refractivity contribution in [3.63, 3.8) is 0 Å². The third-order valence-corrected chi connectivity index (χ3v) is 3.65. The van der Waals surface area contributed by atoms with Crippen molar-refractivity contribution in [3.8, 4) is 0 Å². The molecule has 1 aromatic heterocycles. The first kappa shape index (κ1) is 15.8. The van der Waals surface area contributed by atoms with Crippen LogP contribution in [0.2, 0.25) is 0 Å². The molecule has 4 nitrogen and oxygen atoms in total. The summed E-state index contributed by atoms with van der Waals surface area (Å²) >= 11 is 0. The molecule has 0 spiro atoms. The van der Waals surface area contributed by atoms with Gasteiger partial charge in [0.2, 0.25) is 0 Å². The standard InChI is InChI=1S/C17H27N3O/c1-5-8-18-16-9-13(4)19-10-15(16)17(21)20(11-12(2)3)14-6-7-14/h9-10,12,14H,5-8,11H2,1-4H3,(H,18,19). The molecule has 1 amide bonds. The third kappa shape index (κ3) is 4.19. The topological polar surface area (TPSA) is 45.2 Å². The Morgan fingerprint density at radius 3 is 2.76 bits per heavy atom. The molecule has 1 aliphatic rings. The summed E-state index contributed by atoms with van der Waals surface area (Å²) < 4.78 is 0. The van der Waals surface area contributed by atoms with Crippen LogP contribution in [0.15, 0.2) is 12.3 Å². The van der Waals surface area contributed by atoms with Gasteiger partial charge in [0, 0.05) is 31.0 Å². The van der Waals surface area contributed by atoms with Gasteiger partial charge in [0.25, 0.3) is 5.91 Å². The highest BCUT2D eigenvalue weighted by Crippen LogP contribution is 2.30. The minimum Gasteiger partial charge on any atom is -0.384 e. The average molecular weight is 289 g/mol. The van der Waals surface area contributed by atoms with E-state index in [1.807, 2.05) is 17.9 Å². The fraction of sp³-hybridized carbons (Fsp3) is 0.647. The number of carbonyl (C=O) groups excluding carboxylic acids is 1. The number of hydrogen-bond acceptors (Lipinski definition) is 3. The van der Waals surface area contributed by atoms with E-state index in [0.717, 1.165) is 43.7 Å². The Morgan fingerprint density at radius 2 is 2.19 bits per heavy atom. The van der Waals surface area contributed by atoms with E-state index >= 15 is 0 Å². The molecule has 4 heteroatoms. The van der Waals surface area contributed by atoms with Crippen molar-refractivity contribution >= 4 is 11.6 Å². The lowest BCUT2D eigenvalue weighted by Gasteiger charge is -2.25. The van der Waals surface area contributed by atoms with E-state index in [1.165, 1.54) is 0 Å². The van der Waals surface area contributed by atoms with E-state index in [2.05, 4.69) is 31.1 Å². The zero-order chi connectivity index (χ0) is 15.4. The number of nitrogens with zero attached hydrogens (tertiary/aromatic N) is 2. The number of rotatable bonds is 7. The number of nitrogens with one attached hydrogen (secondary N) is 1. The molecule has 1 aliphatic carbocycles. The predicted molar refractivity (Wildman–Crippen MR) is 86.7 cm³/mol. The van der Waals surface area contributed by atoms with Crippen LogP contribution in [0, 0.1) is 12.8 Å². The highest BCUT2D eigenvalue weighted by Gasteiger charge is 2.34. The second kappa shape index (κ2) is 6.92. The van der Waals surface area contributed by atoms with Crippen molar-refractivity contribution < 1.29 is 4.79 Å². The Morgan fingerprint density at radius 1 is 1.48 bits per heavy atom. The van der Waals surface area contributed by atoms with Crippen LogP contribution < -0.4 is 5.32 Å². The first-order valence-electron chi connectivity index (χ1n) is 8.04. The van der Waals surface area contributed by atoms with Crippen LogP contribution in [0.5, 0.6) is 0 Å². The molecule has 0 radical (unpaired) electrons. The van der Waals surface area contributed by atoms with Crippen LogP contribution in [0.4, 0.5) is 5.69 Å². The number of anilines is 1. The van der Waals surface area contributed by atoms with Crippen LogP contribution in [-0.4, -0.2) is 34.9 Å². The molecule has 2 rings (SSSR count). The lowest BCUT2D eigenvalue weighted by Crippen LogP contribution is -2.36. The van der Waals surface area contributed by atoms with Gasteiger partial charge in [0.15, 0.2) is 0 Å². The third-order valence-electron chi connectivity index (χ3n) is 3.65. The second-order valence-electron chi connectivity index (χ2n) is 6.38. The maximum atomic E-state index is 12.9. The van der Waals surface area contributed by atoms with E-state index in [0.29, 0.717) is 17.5 Å². The lowest BCUT2D eigenvalue weighted by atomic mass is 10.1. The highest BCUT2D eigenvalue weighted by atomic mass is 16.2. The van der Waals surface area contributed by atoms with Gasteiger partial charge >= 0.3 is 0 Å². The summed E-state index contributed by atoms with van der Waals surface area (Å²) in [5.74, 6) is 0.609. The van der Waals surface area contributed by atoms with Crippen LogP contribution >= 0.6 is 0 Å². The van der Waals surface area contributed by atoms with Crippen LogP contribution in [0.25, 0.3) is 0 Å². The highest BCUT2D eigenvalue weighted by molar-refractivity contribution is 5.99. The summed E-state index contributed by atoms with van der Waals surface area (Å²) in [6.07, 6.45) is 5.03. The van der Waals surface area contributed by atoms with Crippen molar-refractivity contribution in [1.82, 2.24) is 9.88 Å². The zero-order valence-corrected chi connectivity index (χ0v) is 13.6. The van der Waals surface area contributed by atoms with Crippen LogP contribution in [-0.2, 0) is 0 Å². The fourth-order valence-electron chi connectivity index (χ4n) is 2.47. The Labute approximate surface area is 127 Å². The normalized spacial score (nSPS) is 14.3. The molecular weight excluding hydrogens is 262 g/mol. The second-order valence-corrected chi connectivity index (χ2v) is 6.38.